The fourth-order valence-electron chi connectivity index (χ4n) is 3.81. The molecule has 1 amide bonds. The van der Waals surface area contributed by atoms with Crippen LogP contribution in [-0.2, 0) is 4.79 Å². The third-order valence-corrected chi connectivity index (χ3v) is 6.45. The molecule has 1 saturated carbocycles. The third kappa shape index (κ3) is 4.21. The highest BCUT2D eigenvalue weighted by molar-refractivity contribution is 8.00. The van der Waals surface area contributed by atoms with Crippen LogP contribution in [0.2, 0.25) is 0 Å². The maximum absolute atomic E-state index is 13.0. The molecule has 1 fully saturated rings. The molecule has 2 aromatic rings. The van der Waals surface area contributed by atoms with Crippen molar-refractivity contribution in [3.05, 3.63) is 34.6 Å². The van der Waals surface area contributed by atoms with Crippen LogP contribution in [0, 0.1) is 0 Å². The normalized spacial score (nSPS) is 16.6. The molecule has 0 radical (unpaired) electrons. The van der Waals surface area contributed by atoms with Gasteiger partial charge in [0.1, 0.15) is 0 Å². The molecule has 5 nitrogen and oxygen atoms in total. The molecule has 6 heteroatoms. The molecule has 1 atom stereocenters. The van der Waals surface area contributed by atoms with E-state index in [1.165, 1.54) is 31.0 Å². The molecule has 0 N–H and O–H groups in total. The van der Waals surface area contributed by atoms with E-state index in [1.54, 1.807) is 4.57 Å². The van der Waals surface area contributed by atoms with E-state index in [-0.39, 0.29) is 22.8 Å². The minimum atomic E-state index is -0.282. The highest BCUT2D eigenvalue weighted by Crippen LogP contribution is 2.28. The number of carbonyl (C=O) groups excluding carboxylic acids is 1. The number of fused-ring (bicyclic) bond motifs is 1. The van der Waals surface area contributed by atoms with Crippen molar-refractivity contribution in [2.75, 3.05) is 7.05 Å². The van der Waals surface area contributed by atoms with Crippen LogP contribution in [0.25, 0.3) is 10.9 Å². The zero-order valence-electron chi connectivity index (χ0n) is 16.6. The number of hydrogen-bond donors (Lipinski definition) is 0. The summed E-state index contributed by atoms with van der Waals surface area (Å²) >= 11 is 1.39. The van der Waals surface area contributed by atoms with Gasteiger partial charge in [0.2, 0.25) is 5.91 Å². The fraction of sp³-hybridized carbons (Fsp3) is 0.571. The van der Waals surface area contributed by atoms with Crippen LogP contribution >= 0.6 is 11.8 Å². The van der Waals surface area contributed by atoms with Gasteiger partial charge >= 0.3 is 0 Å². The molecule has 146 valence electrons. The molecule has 0 aliphatic heterocycles. The van der Waals surface area contributed by atoms with Gasteiger partial charge in [0.25, 0.3) is 5.56 Å². The Kier molecular flexibility index (Phi) is 6.25. The molecule has 1 aromatic carbocycles. The summed E-state index contributed by atoms with van der Waals surface area (Å²) in [6, 6.07) is 7.72. The Balaban J connectivity index is 1.87. The molecular formula is C21H29N3O2S. The Labute approximate surface area is 165 Å². The summed E-state index contributed by atoms with van der Waals surface area (Å²) in [5.74, 6) is 0.115. The molecule has 27 heavy (non-hydrogen) atoms. The van der Waals surface area contributed by atoms with Crippen LogP contribution < -0.4 is 5.56 Å². The predicted molar refractivity (Wildman–Crippen MR) is 111 cm³/mol. The highest BCUT2D eigenvalue weighted by atomic mass is 32.2. The number of thioether (sulfide) groups is 1. The summed E-state index contributed by atoms with van der Waals surface area (Å²) in [7, 11) is 1.92. The number of benzene rings is 1. The monoisotopic (exact) mass is 387 g/mol. The topological polar surface area (TPSA) is 55.2 Å². The number of nitrogens with zero attached hydrogens (tertiary/aromatic N) is 3. The Morgan fingerprint density at radius 1 is 1.19 bits per heavy atom. The zero-order chi connectivity index (χ0) is 19.6. The van der Waals surface area contributed by atoms with Gasteiger partial charge in [-0.1, -0.05) is 43.2 Å². The molecule has 1 aliphatic carbocycles. The number of amides is 1. The fourth-order valence-corrected chi connectivity index (χ4v) is 4.95. The van der Waals surface area contributed by atoms with Crippen LogP contribution in [0.3, 0.4) is 0 Å². The second-order valence-electron chi connectivity index (χ2n) is 7.68. The second kappa shape index (κ2) is 8.46. The number of rotatable bonds is 5. The van der Waals surface area contributed by atoms with E-state index in [0.29, 0.717) is 22.1 Å². The van der Waals surface area contributed by atoms with Crippen LogP contribution in [0.1, 0.15) is 58.9 Å². The first kappa shape index (κ1) is 19.9. The summed E-state index contributed by atoms with van der Waals surface area (Å²) in [5.41, 5.74) is 0.639. The van der Waals surface area contributed by atoms with E-state index < -0.39 is 0 Å². The van der Waals surface area contributed by atoms with Crippen LogP contribution in [0.5, 0.6) is 0 Å². The highest BCUT2D eigenvalue weighted by Gasteiger charge is 2.27. The molecule has 1 aromatic heterocycles. The van der Waals surface area contributed by atoms with Crippen molar-refractivity contribution in [2.24, 2.45) is 0 Å². The first-order chi connectivity index (χ1) is 12.9. The van der Waals surface area contributed by atoms with Gasteiger partial charge < -0.3 is 4.90 Å². The van der Waals surface area contributed by atoms with Crippen molar-refractivity contribution in [2.45, 2.75) is 75.4 Å². The van der Waals surface area contributed by atoms with Gasteiger partial charge in [-0.15, -0.1) is 0 Å². The van der Waals surface area contributed by atoms with E-state index >= 15 is 0 Å². The second-order valence-corrected chi connectivity index (χ2v) is 8.99. The number of hydrogen-bond acceptors (Lipinski definition) is 4. The molecule has 3 rings (SSSR count). The number of carbonyl (C=O) groups is 1. The number of para-hydroxylation sites is 1. The molecule has 1 unspecified atom stereocenters. The van der Waals surface area contributed by atoms with Gasteiger partial charge in [0.15, 0.2) is 5.16 Å². The summed E-state index contributed by atoms with van der Waals surface area (Å²) in [6.45, 7) is 5.86. The van der Waals surface area contributed by atoms with Crippen molar-refractivity contribution >= 4 is 28.6 Å². The van der Waals surface area contributed by atoms with Gasteiger partial charge in [0, 0.05) is 19.1 Å². The van der Waals surface area contributed by atoms with E-state index in [2.05, 4.69) is 0 Å². The molecular weight excluding hydrogens is 358 g/mol. The van der Waals surface area contributed by atoms with Crippen molar-refractivity contribution in [1.29, 1.82) is 0 Å². The molecule has 0 spiro atoms. The average Bonchev–Trinajstić information content (AvgIpc) is 2.67. The smallest absolute Gasteiger partial charge is 0.262 e. The van der Waals surface area contributed by atoms with Crippen molar-refractivity contribution in [3.8, 4) is 0 Å². The maximum Gasteiger partial charge on any atom is 0.262 e. The summed E-state index contributed by atoms with van der Waals surface area (Å²) in [6.07, 6.45) is 5.84. The van der Waals surface area contributed by atoms with Crippen molar-refractivity contribution < 1.29 is 4.79 Å². The number of aromatic nitrogens is 2. The lowest BCUT2D eigenvalue weighted by molar-refractivity contribution is -0.131. The minimum Gasteiger partial charge on any atom is -0.342 e. The van der Waals surface area contributed by atoms with Gasteiger partial charge in [-0.05, 0) is 45.7 Å². The van der Waals surface area contributed by atoms with E-state index in [9.17, 15) is 9.59 Å². The van der Waals surface area contributed by atoms with Crippen LogP contribution in [-0.4, -0.2) is 38.7 Å². The molecule has 1 heterocycles. The summed E-state index contributed by atoms with van der Waals surface area (Å²) < 4.78 is 1.71. The Morgan fingerprint density at radius 2 is 1.85 bits per heavy atom. The SMILES string of the molecule is CC(Sc1nc2ccccc2c(=O)n1C(C)C)C(=O)N(C)C1CCCCC1. The van der Waals surface area contributed by atoms with Crippen LogP contribution in [0.15, 0.2) is 34.2 Å². The Morgan fingerprint density at radius 3 is 2.52 bits per heavy atom. The quantitative estimate of drug-likeness (QED) is 0.568. The van der Waals surface area contributed by atoms with Gasteiger partial charge in [-0.3, -0.25) is 14.2 Å². The van der Waals surface area contributed by atoms with Gasteiger partial charge in [0.05, 0.1) is 16.2 Å². The molecule has 0 saturated heterocycles. The minimum absolute atomic E-state index is 0.0181. The first-order valence-electron chi connectivity index (χ1n) is 9.84. The summed E-state index contributed by atoms with van der Waals surface area (Å²) in [5, 5.41) is 0.954. The standard InChI is InChI=1S/C21H29N3O2S/c1-14(2)24-20(26)17-12-8-9-13-18(17)22-21(24)27-15(3)19(25)23(4)16-10-6-5-7-11-16/h8-9,12-16H,5-7,10-11H2,1-4H3. The Bertz CT molecular complexity index is 871. The predicted octanol–water partition coefficient (Wildman–Crippen LogP) is 4.25. The van der Waals surface area contributed by atoms with Crippen molar-refractivity contribution in [1.82, 2.24) is 14.5 Å². The largest absolute Gasteiger partial charge is 0.342 e. The lowest BCUT2D eigenvalue weighted by Crippen LogP contribution is -2.42. The van der Waals surface area contributed by atoms with Crippen LogP contribution in [0.4, 0.5) is 0 Å². The molecule has 1 aliphatic rings. The van der Waals surface area contributed by atoms with E-state index in [4.69, 9.17) is 4.98 Å². The summed E-state index contributed by atoms with van der Waals surface area (Å²) in [4.78, 5) is 32.5. The molecule has 0 bridgehead atoms. The average molecular weight is 388 g/mol. The lowest BCUT2D eigenvalue weighted by atomic mass is 9.94. The lowest BCUT2D eigenvalue weighted by Gasteiger charge is -2.33. The van der Waals surface area contributed by atoms with Gasteiger partial charge in [-0.25, -0.2) is 4.98 Å². The third-order valence-electron chi connectivity index (χ3n) is 5.39. The van der Waals surface area contributed by atoms with Crippen molar-refractivity contribution in [3.63, 3.8) is 0 Å². The first-order valence-corrected chi connectivity index (χ1v) is 10.7. The maximum atomic E-state index is 13.0. The van der Waals surface area contributed by atoms with E-state index in [1.807, 2.05) is 57.0 Å². The zero-order valence-corrected chi connectivity index (χ0v) is 17.5. The van der Waals surface area contributed by atoms with Gasteiger partial charge in [-0.2, -0.15) is 0 Å². The Hall–Kier alpha value is -1.82. The van der Waals surface area contributed by atoms with E-state index in [0.717, 1.165) is 12.8 Å².